The highest BCUT2D eigenvalue weighted by molar-refractivity contribution is 7.89. The maximum Gasteiger partial charge on any atom is 0.258 e. The lowest BCUT2D eigenvalue weighted by Gasteiger charge is -2.26. The van der Waals surface area contributed by atoms with Crippen molar-refractivity contribution in [3.05, 3.63) is 95.6 Å². The van der Waals surface area contributed by atoms with Gasteiger partial charge in [-0.25, -0.2) is 13.1 Å². The normalized spacial score (nSPS) is 15.6. The van der Waals surface area contributed by atoms with Gasteiger partial charge >= 0.3 is 0 Å². The number of nitrogens with one attached hydrogen (secondary N) is 2. The highest BCUT2D eigenvalue weighted by atomic mass is 32.2. The standard InChI is InChI=1S/C25H26N2O4S/c28-25(27-24-12-6-10-20-9-4-5-11-23(20)24)18-31-21-13-15-22(16-14-21)32(29,30)26-17-19-7-2-1-3-8-19/h1-5,7-9,11,13-16,24,26H,6,10,12,17-18H2,(H,27,28). The topological polar surface area (TPSA) is 84.5 Å². The van der Waals surface area contributed by atoms with Crippen LogP contribution in [-0.2, 0) is 27.8 Å². The zero-order chi connectivity index (χ0) is 22.4. The van der Waals surface area contributed by atoms with E-state index in [0.29, 0.717) is 5.75 Å². The van der Waals surface area contributed by atoms with E-state index in [1.807, 2.05) is 42.5 Å². The molecule has 0 aromatic heterocycles. The van der Waals surface area contributed by atoms with Crippen molar-refractivity contribution < 1.29 is 17.9 Å². The second kappa shape index (κ2) is 9.97. The molecular formula is C25H26N2O4S. The zero-order valence-corrected chi connectivity index (χ0v) is 18.5. The van der Waals surface area contributed by atoms with Crippen LogP contribution in [0.3, 0.4) is 0 Å². The van der Waals surface area contributed by atoms with Crippen LogP contribution in [0.15, 0.2) is 83.8 Å². The van der Waals surface area contributed by atoms with Gasteiger partial charge in [0.2, 0.25) is 10.0 Å². The molecule has 2 N–H and O–H groups in total. The van der Waals surface area contributed by atoms with Crippen LogP contribution in [0, 0.1) is 0 Å². The molecular weight excluding hydrogens is 424 g/mol. The van der Waals surface area contributed by atoms with Crippen LogP contribution in [-0.4, -0.2) is 20.9 Å². The maximum atomic E-state index is 12.5. The Kier molecular flexibility index (Phi) is 6.87. The molecule has 3 aromatic carbocycles. The fourth-order valence-corrected chi connectivity index (χ4v) is 4.88. The van der Waals surface area contributed by atoms with Crippen molar-refractivity contribution in [1.29, 1.82) is 0 Å². The van der Waals surface area contributed by atoms with Gasteiger partial charge in [-0.05, 0) is 60.2 Å². The van der Waals surface area contributed by atoms with E-state index in [-0.39, 0.29) is 30.0 Å². The highest BCUT2D eigenvalue weighted by Crippen LogP contribution is 2.29. The van der Waals surface area contributed by atoms with E-state index >= 15 is 0 Å². The quantitative estimate of drug-likeness (QED) is 0.548. The predicted octanol–water partition coefficient (Wildman–Crippen LogP) is 3.74. The van der Waals surface area contributed by atoms with Crippen molar-refractivity contribution in [1.82, 2.24) is 10.0 Å². The Morgan fingerprint density at radius 1 is 0.938 bits per heavy atom. The number of hydrogen-bond donors (Lipinski definition) is 2. The van der Waals surface area contributed by atoms with E-state index in [1.165, 1.54) is 23.3 Å². The summed E-state index contributed by atoms with van der Waals surface area (Å²) in [5.74, 6) is 0.235. The lowest BCUT2D eigenvalue weighted by Crippen LogP contribution is -2.34. The van der Waals surface area contributed by atoms with E-state index < -0.39 is 10.0 Å². The molecule has 0 fully saturated rings. The van der Waals surface area contributed by atoms with Crippen LogP contribution < -0.4 is 14.8 Å². The van der Waals surface area contributed by atoms with Crippen LogP contribution in [0.5, 0.6) is 5.75 Å². The van der Waals surface area contributed by atoms with Crippen molar-refractivity contribution in [3.8, 4) is 5.75 Å². The number of benzene rings is 3. The molecule has 7 heteroatoms. The van der Waals surface area contributed by atoms with Gasteiger partial charge < -0.3 is 10.1 Å². The molecule has 1 atom stereocenters. The molecule has 0 radical (unpaired) electrons. The first-order valence-electron chi connectivity index (χ1n) is 10.6. The fraction of sp³-hybridized carbons (Fsp3) is 0.240. The van der Waals surface area contributed by atoms with Gasteiger partial charge in [0.1, 0.15) is 5.75 Å². The van der Waals surface area contributed by atoms with Gasteiger partial charge in [-0.2, -0.15) is 0 Å². The van der Waals surface area contributed by atoms with Crippen LogP contribution >= 0.6 is 0 Å². The van der Waals surface area contributed by atoms with Gasteiger partial charge in [-0.1, -0.05) is 54.6 Å². The third-order valence-corrected chi connectivity index (χ3v) is 6.93. The van der Waals surface area contributed by atoms with E-state index in [1.54, 1.807) is 12.1 Å². The van der Waals surface area contributed by atoms with Crippen LogP contribution in [0.25, 0.3) is 0 Å². The lowest BCUT2D eigenvalue weighted by atomic mass is 9.88. The summed E-state index contributed by atoms with van der Waals surface area (Å²) in [5, 5.41) is 3.04. The van der Waals surface area contributed by atoms with Gasteiger partial charge in [0.15, 0.2) is 6.61 Å². The number of aryl methyl sites for hydroxylation is 1. The fourth-order valence-electron chi connectivity index (χ4n) is 3.86. The number of rotatable bonds is 8. The first-order chi connectivity index (χ1) is 15.5. The summed E-state index contributed by atoms with van der Waals surface area (Å²) in [4.78, 5) is 12.5. The molecule has 1 aliphatic carbocycles. The summed E-state index contributed by atoms with van der Waals surface area (Å²) >= 11 is 0. The Labute approximate surface area is 188 Å². The molecule has 0 spiro atoms. The summed E-state index contributed by atoms with van der Waals surface area (Å²) < 4.78 is 33.1. The first-order valence-corrected chi connectivity index (χ1v) is 12.1. The van der Waals surface area contributed by atoms with E-state index in [4.69, 9.17) is 4.74 Å². The molecule has 0 aliphatic heterocycles. The van der Waals surface area contributed by atoms with E-state index in [0.717, 1.165) is 24.8 Å². The third-order valence-electron chi connectivity index (χ3n) is 5.52. The minimum Gasteiger partial charge on any atom is -0.484 e. The zero-order valence-electron chi connectivity index (χ0n) is 17.7. The van der Waals surface area contributed by atoms with E-state index in [9.17, 15) is 13.2 Å². The number of hydrogen-bond acceptors (Lipinski definition) is 4. The van der Waals surface area contributed by atoms with Gasteiger partial charge in [0.25, 0.3) is 5.91 Å². The van der Waals surface area contributed by atoms with Crippen molar-refractivity contribution in [2.45, 2.75) is 36.7 Å². The largest absolute Gasteiger partial charge is 0.484 e. The number of fused-ring (bicyclic) bond motifs is 1. The molecule has 1 amide bonds. The summed E-state index contributed by atoms with van der Waals surface area (Å²) in [6.45, 7) is 0.0862. The molecule has 1 unspecified atom stereocenters. The second-order valence-electron chi connectivity index (χ2n) is 7.78. The van der Waals surface area contributed by atoms with Crippen LogP contribution in [0.1, 0.15) is 35.6 Å². The van der Waals surface area contributed by atoms with Crippen molar-refractivity contribution in [3.63, 3.8) is 0 Å². The molecule has 166 valence electrons. The molecule has 32 heavy (non-hydrogen) atoms. The SMILES string of the molecule is O=C(COc1ccc(S(=O)(=O)NCc2ccccc2)cc1)NC1CCCc2ccccc21. The Morgan fingerprint density at radius 3 is 2.44 bits per heavy atom. The predicted molar refractivity (Wildman–Crippen MR) is 123 cm³/mol. The lowest BCUT2D eigenvalue weighted by molar-refractivity contribution is -0.124. The first kappa shape index (κ1) is 22.0. The third kappa shape index (κ3) is 5.55. The van der Waals surface area contributed by atoms with Crippen molar-refractivity contribution in [2.24, 2.45) is 0 Å². The highest BCUT2D eigenvalue weighted by Gasteiger charge is 2.21. The minimum absolute atomic E-state index is 0.000687. The van der Waals surface area contributed by atoms with Gasteiger partial charge in [0, 0.05) is 6.54 Å². The van der Waals surface area contributed by atoms with Gasteiger partial charge in [0.05, 0.1) is 10.9 Å². The molecule has 1 aliphatic rings. The molecule has 3 aromatic rings. The Morgan fingerprint density at radius 2 is 1.66 bits per heavy atom. The summed E-state index contributed by atoms with van der Waals surface area (Å²) in [6, 6.07) is 23.5. The van der Waals surface area contributed by atoms with E-state index in [2.05, 4.69) is 22.2 Å². The van der Waals surface area contributed by atoms with Crippen LogP contribution in [0.2, 0.25) is 0 Å². The molecule has 0 saturated heterocycles. The Bertz CT molecular complexity index is 1160. The number of sulfonamides is 1. The van der Waals surface area contributed by atoms with Gasteiger partial charge in [-0.3, -0.25) is 4.79 Å². The molecule has 6 nitrogen and oxygen atoms in total. The Hall–Kier alpha value is -3.16. The monoisotopic (exact) mass is 450 g/mol. The maximum absolute atomic E-state index is 12.5. The van der Waals surface area contributed by atoms with Crippen LogP contribution in [0.4, 0.5) is 0 Å². The molecule has 0 heterocycles. The molecule has 0 bridgehead atoms. The Balaban J connectivity index is 1.30. The second-order valence-corrected chi connectivity index (χ2v) is 9.55. The van der Waals surface area contributed by atoms with Crippen molar-refractivity contribution in [2.75, 3.05) is 6.61 Å². The number of amides is 1. The summed E-state index contributed by atoms with van der Waals surface area (Å²) in [5.41, 5.74) is 3.33. The number of ether oxygens (including phenoxy) is 1. The number of carbonyl (C=O) groups excluding carboxylic acids is 1. The summed E-state index contributed by atoms with van der Waals surface area (Å²) in [7, 11) is -3.64. The van der Waals surface area contributed by atoms with Gasteiger partial charge in [-0.15, -0.1) is 0 Å². The van der Waals surface area contributed by atoms with Crippen molar-refractivity contribution >= 4 is 15.9 Å². The molecule has 4 rings (SSSR count). The summed E-state index contributed by atoms with van der Waals surface area (Å²) in [6.07, 6.45) is 2.98. The average molecular weight is 451 g/mol. The minimum atomic E-state index is -3.64. The molecule has 0 saturated carbocycles. The average Bonchev–Trinajstić information content (AvgIpc) is 2.83. The smallest absolute Gasteiger partial charge is 0.258 e. The number of carbonyl (C=O) groups is 1.